The van der Waals surface area contributed by atoms with E-state index in [1.54, 1.807) is 41.2 Å². The van der Waals surface area contributed by atoms with Gasteiger partial charge in [0.2, 0.25) is 6.54 Å². The zero-order valence-corrected chi connectivity index (χ0v) is 26.4. The maximum Gasteiger partial charge on any atom is 0.352 e. The van der Waals surface area contributed by atoms with Gasteiger partial charge in [0, 0.05) is 35.0 Å². The highest BCUT2D eigenvalue weighted by Crippen LogP contribution is 2.41. The Labute approximate surface area is 279 Å². The molecule has 16 nitrogen and oxygen atoms in total. The summed E-state index contributed by atoms with van der Waals surface area (Å²) in [5.41, 5.74) is 6.57. The number of carbonyl (C=O) groups is 5. The Bertz CT molecular complexity index is 1940. The van der Waals surface area contributed by atoms with Crippen molar-refractivity contribution >= 4 is 74.9 Å². The van der Waals surface area contributed by atoms with Gasteiger partial charge in [0.15, 0.2) is 23.2 Å². The van der Waals surface area contributed by atoms with Crippen LogP contribution in [0.4, 0.5) is 16.5 Å². The van der Waals surface area contributed by atoms with Gasteiger partial charge in [-0.2, -0.15) is 4.57 Å². The number of β-lactam (4-membered cyclic amide) rings is 1. The molecule has 5 heterocycles. The van der Waals surface area contributed by atoms with Crippen molar-refractivity contribution in [3.63, 3.8) is 0 Å². The van der Waals surface area contributed by atoms with Crippen LogP contribution in [0.3, 0.4) is 0 Å². The van der Waals surface area contributed by atoms with Crippen molar-refractivity contribution in [1.29, 1.82) is 0 Å². The van der Waals surface area contributed by atoms with E-state index in [1.807, 2.05) is 0 Å². The molecular formula is C30H27N8O8S2+. The Morgan fingerprint density at radius 1 is 1.19 bits per heavy atom. The minimum absolute atomic E-state index is 0.0224. The number of fused-ring (bicyclic) bond motifs is 1. The molecule has 246 valence electrons. The summed E-state index contributed by atoms with van der Waals surface area (Å²) in [5.74, 6) is -3.36. The molecule has 0 aliphatic carbocycles. The number of anilines is 3. The minimum atomic E-state index is -1.36. The molecule has 0 bridgehead atoms. The Balaban J connectivity index is 1.14. The second-order valence-corrected chi connectivity index (χ2v) is 12.8. The third kappa shape index (κ3) is 6.29. The topological polar surface area (TPSA) is 232 Å². The number of aromatic hydroxyl groups is 1. The molecule has 0 saturated carbocycles. The summed E-state index contributed by atoms with van der Waals surface area (Å²) < 4.78 is 1.62. The first-order valence-corrected chi connectivity index (χ1v) is 16.2. The first-order valence-electron chi connectivity index (χ1n) is 14.3. The molecule has 0 radical (unpaired) electrons. The Morgan fingerprint density at radius 2 is 1.96 bits per heavy atom. The van der Waals surface area contributed by atoms with Crippen LogP contribution >= 0.6 is 23.1 Å². The smallest absolute Gasteiger partial charge is 0.352 e. The number of thioether (sulfide) groups is 1. The Morgan fingerprint density at radius 3 is 2.65 bits per heavy atom. The predicted octanol–water partition coefficient (Wildman–Crippen LogP) is 0.637. The number of amides is 4. The summed E-state index contributed by atoms with van der Waals surface area (Å²) in [6.45, 7) is 0.279. The number of carboxylic acid groups (broad SMARTS) is 1. The number of phenolic OH excluding ortho intramolecular Hbond substituents is 1. The highest BCUT2D eigenvalue weighted by molar-refractivity contribution is 8.00. The van der Waals surface area contributed by atoms with Crippen molar-refractivity contribution in [2.24, 2.45) is 5.16 Å². The molecule has 2 fully saturated rings. The van der Waals surface area contributed by atoms with Crippen LogP contribution in [0.15, 0.2) is 82.2 Å². The number of oxime groups is 1. The second kappa shape index (κ2) is 13.2. The van der Waals surface area contributed by atoms with Crippen LogP contribution in [0.1, 0.15) is 12.1 Å². The van der Waals surface area contributed by atoms with Crippen LogP contribution in [0.5, 0.6) is 5.75 Å². The number of nitrogen functional groups attached to an aromatic ring is 1. The molecule has 4 amide bonds. The van der Waals surface area contributed by atoms with Crippen molar-refractivity contribution in [3.05, 3.63) is 82.8 Å². The molecule has 0 unspecified atom stereocenters. The summed E-state index contributed by atoms with van der Waals surface area (Å²) in [4.78, 5) is 70.8. The van der Waals surface area contributed by atoms with Crippen LogP contribution in [0, 0.1) is 0 Å². The number of hydrogen-bond donors (Lipinski definition) is 6. The minimum Gasteiger partial charge on any atom is -0.508 e. The van der Waals surface area contributed by atoms with E-state index in [1.165, 1.54) is 40.3 Å². The molecule has 3 aliphatic rings. The van der Waals surface area contributed by atoms with Gasteiger partial charge >= 0.3 is 5.97 Å². The van der Waals surface area contributed by atoms with E-state index < -0.39 is 34.9 Å². The fourth-order valence-electron chi connectivity index (χ4n) is 5.45. The Hall–Kier alpha value is -5.75. The van der Waals surface area contributed by atoms with Gasteiger partial charge in [0.25, 0.3) is 23.6 Å². The number of carbonyl (C=O) groups excluding carboxylic acids is 4. The van der Waals surface area contributed by atoms with Crippen LogP contribution in [-0.2, 0) is 30.5 Å². The third-order valence-electron chi connectivity index (χ3n) is 7.67. The lowest BCUT2D eigenvalue weighted by molar-refractivity contribution is -0.683. The zero-order chi connectivity index (χ0) is 34.1. The number of pyridine rings is 1. The SMILES string of the molecule is Nc1nc(C(=NO)C(=O)N[C@@H]2C(=O)N3C(C(=O)O)=C(C=C4CCN(c5ccc[n+](CC(=O)Nc6ccc(O)cc6)c5)C4=O)CS[C@H]23)cs1. The Kier molecular flexibility index (Phi) is 8.83. The number of hydrogen-bond acceptors (Lipinski definition) is 12. The lowest BCUT2D eigenvalue weighted by Crippen LogP contribution is -2.71. The molecule has 2 aromatic heterocycles. The number of benzene rings is 1. The number of aromatic nitrogens is 2. The number of nitrogens with two attached hydrogens (primary N) is 1. The summed E-state index contributed by atoms with van der Waals surface area (Å²) in [6, 6.07) is 8.39. The number of carboxylic acids is 1. The largest absolute Gasteiger partial charge is 0.508 e. The standard InChI is InChI=1S/C30H26N8O8S2/c31-30-33-20(14-48-30)22(35-46)25(41)34-23-27(43)38-24(29(44)45)16(13-47-28(23)38)10-15-7-9-37(26(15)42)18-2-1-8-36(11-18)12-21(40)32-17-3-5-19(39)6-4-17/h1-6,8,10-11,14,23,28H,7,9,12-13H2,(H6-,31,32,33,34,35,39,40,41,44,45,46)/p+1/t23-,28-/m1/s1. The van der Waals surface area contributed by atoms with E-state index in [0.717, 1.165) is 16.2 Å². The van der Waals surface area contributed by atoms with E-state index in [0.29, 0.717) is 29.9 Å². The lowest BCUT2D eigenvalue weighted by atomic mass is 10.0. The molecule has 3 aromatic rings. The summed E-state index contributed by atoms with van der Waals surface area (Å²) in [7, 11) is 0. The summed E-state index contributed by atoms with van der Waals surface area (Å²) in [6.07, 6.45) is 5.16. The fourth-order valence-corrected chi connectivity index (χ4v) is 7.31. The molecule has 2 saturated heterocycles. The van der Waals surface area contributed by atoms with Crippen molar-refractivity contribution in [2.45, 2.75) is 24.4 Å². The third-order valence-corrected chi connectivity index (χ3v) is 9.65. The molecule has 18 heteroatoms. The van der Waals surface area contributed by atoms with Crippen LogP contribution in [0.25, 0.3) is 0 Å². The molecule has 7 N–H and O–H groups in total. The van der Waals surface area contributed by atoms with E-state index in [2.05, 4.69) is 20.8 Å². The fraction of sp³-hybridized carbons (Fsp3) is 0.200. The number of nitrogens with zero attached hydrogens (tertiary/aromatic N) is 5. The van der Waals surface area contributed by atoms with Gasteiger partial charge in [-0.25, -0.2) is 9.78 Å². The molecule has 3 aliphatic heterocycles. The van der Waals surface area contributed by atoms with Crippen LogP contribution < -0.4 is 25.8 Å². The molecule has 2 atom stereocenters. The van der Waals surface area contributed by atoms with Crippen LogP contribution in [-0.4, -0.2) is 84.3 Å². The normalized spacial score (nSPS) is 20.1. The maximum atomic E-state index is 13.5. The summed E-state index contributed by atoms with van der Waals surface area (Å²) in [5, 5.41) is 37.9. The molecule has 48 heavy (non-hydrogen) atoms. The van der Waals surface area contributed by atoms with E-state index in [-0.39, 0.29) is 52.0 Å². The van der Waals surface area contributed by atoms with E-state index in [9.17, 15) is 39.4 Å². The van der Waals surface area contributed by atoms with E-state index >= 15 is 0 Å². The second-order valence-electron chi connectivity index (χ2n) is 10.8. The lowest BCUT2D eigenvalue weighted by Gasteiger charge is -2.49. The van der Waals surface area contributed by atoms with Crippen molar-refractivity contribution in [2.75, 3.05) is 28.2 Å². The van der Waals surface area contributed by atoms with Crippen LogP contribution in [0.2, 0.25) is 0 Å². The quantitative estimate of drug-likeness (QED) is 0.0347. The van der Waals surface area contributed by atoms with Gasteiger partial charge in [-0.3, -0.25) is 24.1 Å². The summed E-state index contributed by atoms with van der Waals surface area (Å²) >= 11 is 2.25. The molecule has 6 rings (SSSR count). The number of rotatable bonds is 9. The maximum absolute atomic E-state index is 13.5. The van der Waals surface area contributed by atoms with Crippen molar-refractivity contribution < 1.29 is 44.0 Å². The number of allylic oxidation sites excluding steroid dienone is 1. The number of thiazole rings is 1. The van der Waals surface area contributed by atoms with Gasteiger partial charge in [-0.05, 0) is 48.4 Å². The average Bonchev–Trinajstić information content (AvgIpc) is 3.65. The molecular weight excluding hydrogens is 665 g/mol. The molecule has 0 spiro atoms. The highest BCUT2D eigenvalue weighted by atomic mass is 32.2. The van der Waals surface area contributed by atoms with Gasteiger partial charge in [-0.15, -0.1) is 23.1 Å². The first-order chi connectivity index (χ1) is 23.0. The monoisotopic (exact) mass is 691 g/mol. The van der Waals surface area contributed by atoms with E-state index in [4.69, 9.17) is 5.73 Å². The van der Waals surface area contributed by atoms with Crippen molar-refractivity contribution in [3.8, 4) is 5.75 Å². The highest BCUT2D eigenvalue weighted by Gasteiger charge is 2.54. The van der Waals surface area contributed by atoms with Crippen molar-refractivity contribution in [1.82, 2.24) is 15.2 Å². The number of phenols is 1. The van der Waals surface area contributed by atoms with Gasteiger partial charge in [0.05, 0.1) is 0 Å². The zero-order valence-electron chi connectivity index (χ0n) is 24.8. The van der Waals surface area contributed by atoms with Gasteiger partial charge in [0.1, 0.15) is 34.2 Å². The number of nitrogens with one attached hydrogen (secondary N) is 2. The van der Waals surface area contributed by atoms with Gasteiger partial charge < -0.3 is 36.7 Å². The first kappa shape index (κ1) is 32.2. The van der Waals surface area contributed by atoms with Gasteiger partial charge in [-0.1, -0.05) is 5.16 Å². The molecule has 1 aromatic carbocycles. The average molecular weight is 692 g/mol. The predicted molar refractivity (Wildman–Crippen MR) is 173 cm³/mol. The number of aliphatic carboxylic acids is 1.